The number of hydrogen-bond acceptors (Lipinski definition) is 10. The Bertz CT molecular complexity index is 2040. The topological polar surface area (TPSA) is 102 Å². The summed E-state index contributed by atoms with van der Waals surface area (Å²) in [5.74, 6) is 3.93. The number of nitrogens with zero attached hydrogens (tertiary/aromatic N) is 2. The second-order valence-corrected chi connectivity index (χ2v) is 20.0. The van der Waals surface area contributed by atoms with Gasteiger partial charge in [-0.1, -0.05) is 36.4 Å². The van der Waals surface area contributed by atoms with Crippen LogP contribution in [0.3, 0.4) is 0 Å². The fraction of sp³-hybridized carbons (Fsp3) is 0.617. The van der Waals surface area contributed by atoms with Gasteiger partial charge < -0.3 is 15.2 Å². The Morgan fingerprint density at radius 3 is 1.76 bits per heavy atom. The van der Waals surface area contributed by atoms with Crippen LogP contribution >= 0.6 is 35.1 Å². The number of ether oxygens (including phenoxy) is 2. The zero-order chi connectivity index (χ0) is 39.0. The number of hydrogen-bond donors (Lipinski definition) is 1. The van der Waals surface area contributed by atoms with Gasteiger partial charge in [-0.3, -0.25) is 14.6 Å². The third kappa shape index (κ3) is 8.27. The number of carbonyl (C=O) groups excluding carboxylic acids is 3. The second kappa shape index (κ2) is 18.2. The van der Waals surface area contributed by atoms with Crippen molar-refractivity contribution in [2.45, 2.75) is 112 Å². The van der Waals surface area contributed by atoms with Crippen molar-refractivity contribution in [3.05, 3.63) is 69.9 Å². The molecule has 10 fully saturated rings. The number of nitrogens with two attached hydrogens (primary N) is 1. The Morgan fingerprint density at radius 2 is 1.22 bits per heavy atom. The van der Waals surface area contributed by atoms with Gasteiger partial charge in [0.15, 0.2) is 5.78 Å². The lowest BCUT2D eigenvalue weighted by Gasteiger charge is -2.52. The van der Waals surface area contributed by atoms with E-state index < -0.39 is 0 Å². The van der Waals surface area contributed by atoms with E-state index in [0.717, 1.165) is 62.4 Å². The van der Waals surface area contributed by atoms with Crippen LogP contribution in [-0.2, 0) is 19.1 Å². The zero-order valence-corrected chi connectivity index (χ0v) is 36.2. The molecule has 10 aliphatic rings. The molecule has 2 N–H and O–H groups in total. The van der Waals surface area contributed by atoms with Crippen molar-refractivity contribution >= 4 is 67.2 Å². The number of rotatable bonds is 5. The summed E-state index contributed by atoms with van der Waals surface area (Å²) in [6.07, 6.45) is 16.3. The lowest BCUT2D eigenvalue weighted by molar-refractivity contribution is -0.191. The van der Waals surface area contributed by atoms with E-state index in [2.05, 4.69) is 63.7 Å². The molecule has 0 radical (unpaired) electrons. The Morgan fingerprint density at radius 1 is 0.707 bits per heavy atom. The van der Waals surface area contributed by atoms with E-state index in [-0.39, 0.29) is 18.6 Å². The molecule has 2 atom stereocenters. The third-order valence-electron chi connectivity index (χ3n) is 15.3. The highest BCUT2D eigenvalue weighted by atomic mass is 35.5. The summed E-state index contributed by atoms with van der Waals surface area (Å²) in [6, 6.07) is 18.2. The molecule has 4 aromatic rings. The summed E-state index contributed by atoms with van der Waals surface area (Å²) in [5.41, 5.74) is 10.1. The van der Waals surface area contributed by atoms with Gasteiger partial charge >= 0.3 is 6.15 Å². The van der Waals surface area contributed by atoms with E-state index in [9.17, 15) is 4.79 Å². The first kappa shape index (κ1) is 42.2. The van der Waals surface area contributed by atoms with Crippen molar-refractivity contribution in [1.29, 1.82) is 0 Å². The number of benzene rings is 2. The fourth-order valence-electron chi connectivity index (χ4n) is 11.9. The maximum Gasteiger partial charge on any atom is 0.373 e. The van der Waals surface area contributed by atoms with Crippen LogP contribution in [0.5, 0.6) is 0 Å². The molecular weight excluding hydrogens is 786 g/mol. The SMILES string of the molecule is Cl.N[C@@H]1C2CCN(CC2)C12CC2.O=C(C[C@@H]1C2CCN(CC2)C12CC2)c1cc2cccc(C3CCOCC3)c2s1.O=C=O.c1cc(C2CCOCC2)c2sccc2c1. The summed E-state index contributed by atoms with van der Waals surface area (Å²) in [5, 5.41) is 4.84. The number of carbonyl (C=O) groups is 1. The monoisotopic (exact) mass is 845 g/mol. The molecule has 8 saturated heterocycles. The standard InChI is InChI=1S/C24H29NO2S.C13H14OS.C9H16N2.CO2.ClH/c26-21(15-20-17-4-10-25(11-5-17)24(20)8-9-24)22-14-18-2-1-3-19(23(18)28-22)16-6-12-27-13-7-16;1-2-11-6-9-15-13(11)12(3-1)10-4-7-14-8-5-10;10-8-7-1-5-11(6-2-7)9(8)3-4-9;2-1-3;/h1-3,14,16-17,20H,4-13,15H2;1-3,6,9-10H,4-5,7-8H2;7-8H,1-6,10H2;;1H/t20-;;8-;;/m1.1../s1. The molecule has 14 rings (SSSR count). The number of halogens is 1. The molecule has 8 aliphatic heterocycles. The number of Topliss-reactive ketones (excluding diaryl/α,β-unsaturated/α-hetero) is 1. The van der Waals surface area contributed by atoms with Crippen LogP contribution in [0.25, 0.3) is 20.2 Å². The Kier molecular flexibility index (Phi) is 13.3. The highest BCUT2D eigenvalue weighted by Crippen LogP contribution is 2.59. The van der Waals surface area contributed by atoms with Crippen LogP contribution in [0, 0.1) is 17.8 Å². The average Bonchev–Trinajstić information content (AvgIpc) is 4.13. The lowest BCUT2D eigenvalue weighted by atomic mass is 9.70. The minimum absolute atomic E-state index is 0. The number of thiophene rings is 2. The van der Waals surface area contributed by atoms with Crippen molar-refractivity contribution in [2.24, 2.45) is 23.5 Å². The molecular formula is C47H60ClN3O5S2. The van der Waals surface area contributed by atoms with Gasteiger partial charge in [0.05, 0.1) is 4.88 Å². The van der Waals surface area contributed by atoms with Gasteiger partial charge in [-0.2, -0.15) is 9.59 Å². The molecule has 312 valence electrons. The van der Waals surface area contributed by atoms with Crippen LogP contribution in [0.2, 0.25) is 0 Å². The van der Waals surface area contributed by atoms with E-state index in [1.165, 1.54) is 122 Å². The molecule has 10 heterocycles. The number of piperidine rings is 6. The third-order valence-corrected chi connectivity index (χ3v) is 17.6. The Labute approximate surface area is 357 Å². The molecule has 58 heavy (non-hydrogen) atoms. The summed E-state index contributed by atoms with van der Waals surface area (Å²) in [7, 11) is 0. The van der Waals surface area contributed by atoms with E-state index in [1.54, 1.807) is 11.3 Å². The van der Waals surface area contributed by atoms with Gasteiger partial charge in [-0.15, -0.1) is 35.1 Å². The van der Waals surface area contributed by atoms with Crippen LogP contribution in [0.15, 0.2) is 53.9 Å². The van der Waals surface area contributed by atoms with Crippen molar-refractivity contribution in [3.8, 4) is 0 Å². The van der Waals surface area contributed by atoms with Crippen LogP contribution in [0.1, 0.15) is 116 Å². The van der Waals surface area contributed by atoms with E-state index in [0.29, 0.717) is 40.7 Å². The fourth-order valence-corrected chi connectivity index (χ4v) is 14.1. The van der Waals surface area contributed by atoms with E-state index in [4.69, 9.17) is 24.8 Å². The smallest absolute Gasteiger partial charge is 0.373 e. The number of ketones is 1. The van der Waals surface area contributed by atoms with Crippen molar-refractivity contribution in [1.82, 2.24) is 9.80 Å². The number of fused-ring (bicyclic) bond motifs is 6. The Balaban J connectivity index is 0.000000131. The van der Waals surface area contributed by atoms with Crippen molar-refractivity contribution in [2.75, 3.05) is 52.6 Å². The first-order valence-corrected chi connectivity index (χ1v) is 23.6. The van der Waals surface area contributed by atoms with Gasteiger partial charge in [0.1, 0.15) is 0 Å². The molecule has 8 nitrogen and oxygen atoms in total. The summed E-state index contributed by atoms with van der Waals surface area (Å²) >= 11 is 3.62. The first-order chi connectivity index (χ1) is 27.9. The highest BCUT2D eigenvalue weighted by molar-refractivity contribution is 7.21. The normalized spacial score (nSPS) is 29.9. The largest absolute Gasteiger partial charge is 0.381 e. The molecule has 4 bridgehead atoms. The van der Waals surface area contributed by atoms with Crippen LogP contribution < -0.4 is 5.73 Å². The molecule has 0 unspecified atom stereocenters. The first-order valence-electron chi connectivity index (χ1n) is 21.9. The quantitative estimate of drug-likeness (QED) is 0.199. The van der Waals surface area contributed by atoms with Crippen molar-refractivity contribution < 1.29 is 23.9 Å². The highest BCUT2D eigenvalue weighted by Gasteiger charge is 2.60. The summed E-state index contributed by atoms with van der Waals surface area (Å²) < 4.78 is 13.8. The maximum atomic E-state index is 13.3. The van der Waals surface area contributed by atoms with Gasteiger partial charge in [-0.05, 0) is 172 Å². The molecule has 2 aliphatic carbocycles. The summed E-state index contributed by atoms with van der Waals surface area (Å²) in [6.45, 7) is 8.77. The van der Waals surface area contributed by atoms with E-state index >= 15 is 0 Å². The molecule has 2 saturated carbocycles. The summed E-state index contributed by atoms with van der Waals surface area (Å²) in [4.78, 5) is 35.9. The van der Waals surface area contributed by atoms with Gasteiger partial charge in [-0.25, -0.2) is 0 Å². The zero-order valence-electron chi connectivity index (χ0n) is 33.7. The maximum absolute atomic E-state index is 13.3. The van der Waals surface area contributed by atoms with Crippen LogP contribution in [-0.4, -0.2) is 91.5 Å². The van der Waals surface area contributed by atoms with Gasteiger partial charge in [0, 0.05) is 59.4 Å². The van der Waals surface area contributed by atoms with Gasteiger partial charge in [0.25, 0.3) is 0 Å². The molecule has 0 amide bonds. The lowest BCUT2D eigenvalue weighted by Crippen LogP contribution is -2.63. The molecule has 2 spiro atoms. The Hall–Kier alpha value is -2.50. The molecule has 2 aromatic carbocycles. The van der Waals surface area contributed by atoms with Gasteiger partial charge in [0.2, 0.25) is 0 Å². The minimum atomic E-state index is 0. The van der Waals surface area contributed by atoms with Crippen molar-refractivity contribution in [3.63, 3.8) is 0 Å². The predicted octanol–water partition coefficient (Wildman–Crippen LogP) is 9.45. The molecule has 11 heteroatoms. The molecule has 2 aromatic heterocycles. The van der Waals surface area contributed by atoms with E-state index in [1.807, 2.05) is 11.3 Å². The predicted molar refractivity (Wildman–Crippen MR) is 234 cm³/mol. The van der Waals surface area contributed by atoms with Crippen LogP contribution in [0.4, 0.5) is 0 Å². The average molecular weight is 847 g/mol. The minimum Gasteiger partial charge on any atom is -0.381 e. The second-order valence-electron chi connectivity index (χ2n) is 18.0.